The van der Waals surface area contributed by atoms with Gasteiger partial charge in [0.05, 0.1) is 35.2 Å². The van der Waals surface area contributed by atoms with Crippen LogP contribution in [0.15, 0.2) is 36.4 Å². The number of hydrogen-bond donors (Lipinski definition) is 1. The van der Waals surface area contributed by atoms with Crippen molar-refractivity contribution >= 4 is 46.7 Å². The third kappa shape index (κ3) is 7.64. The van der Waals surface area contributed by atoms with E-state index in [1.54, 1.807) is 23.1 Å². The number of ether oxygens (including phenoxy) is 1. The number of halogens is 5. The van der Waals surface area contributed by atoms with Crippen LogP contribution in [-0.4, -0.2) is 84.9 Å². The molecular formula is C28H31Cl2F3N4O4. The molecule has 2 fully saturated rings. The summed E-state index contributed by atoms with van der Waals surface area (Å²) in [7, 11) is 1.28. The molecule has 2 aromatic carbocycles. The van der Waals surface area contributed by atoms with Crippen LogP contribution >= 0.6 is 23.2 Å². The van der Waals surface area contributed by atoms with E-state index in [4.69, 9.17) is 33.7 Å². The van der Waals surface area contributed by atoms with Crippen LogP contribution in [-0.2, 0) is 33.3 Å². The minimum absolute atomic E-state index is 0.0800. The van der Waals surface area contributed by atoms with Gasteiger partial charge in [0, 0.05) is 50.7 Å². The van der Waals surface area contributed by atoms with Crippen LogP contribution in [0.1, 0.15) is 23.1 Å². The van der Waals surface area contributed by atoms with E-state index in [0.717, 1.165) is 17.7 Å². The van der Waals surface area contributed by atoms with Crippen LogP contribution in [0.5, 0.6) is 0 Å². The summed E-state index contributed by atoms with van der Waals surface area (Å²) in [6, 6.07) is 7.67. The molecule has 0 spiro atoms. The number of likely N-dealkylation sites (tertiary alicyclic amines) is 1. The molecule has 4 rings (SSSR count). The number of carbonyl (C=O) groups excluding carboxylic acids is 3. The van der Waals surface area contributed by atoms with E-state index < -0.39 is 23.9 Å². The van der Waals surface area contributed by atoms with Gasteiger partial charge >= 0.3 is 12.3 Å². The number of rotatable bonds is 7. The monoisotopic (exact) mass is 614 g/mol. The largest absolute Gasteiger partial charge is 0.453 e. The van der Waals surface area contributed by atoms with E-state index in [0.29, 0.717) is 41.7 Å². The Bertz CT molecular complexity index is 1310. The van der Waals surface area contributed by atoms with Gasteiger partial charge in [-0.25, -0.2) is 4.79 Å². The Balaban J connectivity index is 1.42. The summed E-state index contributed by atoms with van der Waals surface area (Å²) < 4.78 is 44.0. The number of nitrogen functional groups attached to an aromatic ring is 1. The average molecular weight is 615 g/mol. The second-order valence-corrected chi connectivity index (χ2v) is 11.2. The summed E-state index contributed by atoms with van der Waals surface area (Å²) in [6.45, 7) is 2.26. The van der Waals surface area contributed by atoms with Crippen molar-refractivity contribution in [3.05, 3.63) is 63.1 Å². The number of hydrogen-bond acceptors (Lipinski definition) is 6. The number of anilines is 1. The van der Waals surface area contributed by atoms with Crippen LogP contribution in [0.25, 0.3) is 0 Å². The van der Waals surface area contributed by atoms with Crippen LogP contribution in [0, 0.1) is 5.92 Å². The average Bonchev–Trinajstić information content (AvgIpc) is 3.39. The van der Waals surface area contributed by atoms with Crippen molar-refractivity contribution in [3.63, 3.8) is 0 Å². The second kappa shape index (κ2) is 12.9. The first kappa shape index (κ1) is 30.9. The summed E-state index contributed by atoms with van der Waals surface area (Å²) in [5.74, 6) is -0.422. The van der Waals surface area contributed by atoms with Gasteiger partial charge in [0.25, 0.3) is 0 Å². The summed E-state index contributed by atoms with van der Waals surface area (Å²) in [5, 5.41) is 0.809. The first-order valence-electron chi connectivity index (χ1n) is 13.1. The minimum atomic E-state index is -4.54. The van der Waals surface area contributed by atoms with E-state index in [9.17, 15) is 27.6 Å². The fourth-order valence-electron chi connectivity index (χ4n) is 5.39. The molecule has 2 heterocycles. The molecule has 41 heavy (non-hydrogen) atoms. The molecule has 222 valence electrons. The highest BCUT2D eigenvalue weighted by molar-refractivity contribution is 6.42. The summed E-state index contributed by atoms with van der Waals surface area (Å²) in [4.78, 5) is 43.9. The topological polar surface area (TPSA) is 96.2 Å². The van der Waals surface area contributed by atoms with Gasteiger partial charge < -0.3 is 25.2 Å². The SMILES string of the molecule is COC(=O)N1CCN(C(=O)Cc2ccc(C(F)(F)F)cc2N)C(CN2CCC(C(=O)Cc3ccc(Cl)c(Cl)c3)C2)C1. The third-order valence-electron chi connectivity index (χ3n) is 7.61. The van der Waals surface area contributed by atoms with Crippen LogP contribution in [0.2, 0.25) is 10.0 Å². The number of nitrogens with zero attached hydrogens (tertiary/aromatic N) is 3. The maximum Gasteiger partial charge on any atom is 0.416 e. The molecule has 0 saturated carbocycles. The van der Waals surface area contributed by atoms with Gasteiger partial charge in [-0.1, -0.05) is 35.3 Å². The van der Waals surface area contributed by atoms with Crippen molar-refractivity contribution in [2.24, 2.45) is 5.92 Å². The Labute approximate surface area is 246 Å². The molecule has 2 unspecified atom stereocenters. The highest BCUT2D eigenvalue weighted by Crippen LogP contribution is 2.32. The molecule has 2 atom stereocenters. The first-order valence-corrected chi connectivity index (χ1v) is 13.9. The maximum atomic E-state index is 13.4. The maximum absolute atomic E-state index is 13.4. The van der Waals surface area contributed by atoms with Gasteiger partial charge in [0.2, 0.25) is 5.91 Å². The summed E-state index contributed by atoms with van der Waals surface area (Å²) >= 11 is 12.1. The van der Waals surface area contributed by atoms with Gasteiger partial charge in [0.1, 0.15) is 5.78 Å². The number of alkyl halides is 3. The van der Waals surface area contributed by atoms with Gasteiger partial charge in [-0.05, 0) is 48.4 Å². The lowest BCUT2D eigenvalue weighted by molar-refractivity contribution is -0.137. The van der Waals surface area contributed by atoms with E-state index in [1.165, 1.54) is 18.1 Å². The lowest BCUT2D eigenvalue weighted by Gasteiger charge is -2.42. The van der Waals surface area contributed by atoms with Crippen molar-refractivity contribution in [2.45, 2.75) is 31.5 Å². The fraction of sp³-hybridized carbons (Fsp3) is 0.464. The zero-order valence-electron chi connectivity index (χ0n) is 22.4. The van der Waals surface area contributed by atoms with Crippen molar-refractivity contribution in [3.8, 4) is 0 Å². The fourth-order valence-corrected chi connectivity index (χ4v) is 5.71. The number of Topliss-reactive ketones (excluding diaryl/α,β-unsaturated/α-hetero) is 1. The van der Waals surface area contributed by atoms with Gasteiger partial charge in [-0.15, -0.1) is 0 Å². The van der Waals surface area contributed by atoms with E-state index in [-0.39, 0.29) is 55.8 Å². The van der Waals surface area contributed by atoms with Crippen molar-refractivity contribution in [2.75, 3.05) is 52.1 Å². The van der Waals surface area contributed by atoms with Gasteiger partial charge in [-0.2, -0.15) is 13.2 Å². The molecule has 2 aromatic rings. The number of amides is 2. The summed E-state index contributed by atoms with van der Waals surface area (Å²) in [5.41, 5.74) is 5.95. The predicted octanol–water partition coefficient (Wildman–Crippen LogP) is 4.55. The molecule has 0 radical (unpaired) electrons. The van der Waals surface area contributed by atoms with Gasteiger partial charge in [0.15, 0.2) is 0 Å². The molecule has 0 aliphatic carbocycles. The number of carbonyl (C=O) groups is 3. The normalized spacial score (nSPS) is 19.9. The Morgan fingerprint density at radius 1 is 1.00 bits per heavy atom. The molecule has 0 aromatic heterocycles. The highest BCUT2D eigenvalue weighted by atomic mass is 35.5. The number of piperazine rings is 1. The molecule has 2 amide bonds. The van der Waals surface area contributed by atoms with E-state index in [2.05, 4.69) is 4.90 Å². The van der Waals surface area contributed by atoms with Crippen LogP contribution in [0.3, 0.4) is 0 Å². The minimum Gasteiger partial charge on any atom is -0.453 e. The molecule has 2 aliphatic heterocycles. The number of benzene rings is 2. The molecule has 2 N–H and O–H groups in total. The Morgan fingerprint density at radius 2 is 1.76 bits per heavy atom. The zero-order valence-corrected chi connectivity index (χ0v) is 23.9. The number of ketones is 1. The second-order valence-electron chi connectivity index (χ2n) is 10.4. The summed E-state index contributed by atoms with van der Waals surface area (Å²) in [6.07, 6.45) is -4.34. The molecule has 2 aliphatic rings. The van der Waals surface area contributed by atoms with Crippen molar-refractivity contribution < 1.29 is 32.3 Å². The Hall–Kier alpha value is -3.02. The third-order valence-corrected chi connectivity index (χ3v) is 8.35. The Kier molecular flexibility index (Phi) is 9.71. The highest BCUT2D eigenvalue weighted by Gasteiger charge is 2.37. The number of methoxy groups -OCH3 is 1. The lowest BCUT2D eigenvalue weighted by atomic mass is 9.97. The smallest absolute Gasteiger partial charge is 0.416 e. The van der Waals surface area contributed by atoms with E-state index >= 15 is 0 Å². The number of nitrogens with two attached hydrogens (primary N) is 1. The van der Waals surface area contributed by atoms with Crippen molar-refractivity contribution in [1.29, 1.82) is 0 Å². The quantitative estimate of drug-likeness (QED) is 0.460. The molecule has 8 nitrogen and oxygen atoms in total. The van der Waals surface area contributed by atoms with Crippen molar-refractivity contribution in [1.82, 2.24) is 14.7 Å². The predicted molar refractivity (Wildman–Crippen MR) is 149 cm³/mol. The zero-order chi connectivity index (χ0) is 29.9. The molecule has 2 saturated heterocycles. The first-order chi connectivity index (χ1) is 19.3. The van der Waals surface area contributed by atoms with Crippen LogP contribution in [0.4, 0.5) is 23.7 Å². The lowest BCUT2D eigenvalue weighted by Crippen LogP contribution is -2.60. The molecule has 0 bridgehead atoms. The van der Waals surface area contributed by atoms with Crippen LogP contribution < -0.4 is 5.73 Å². The molecule has 13 heteroatoms. The Morgan fingerprint density at radius 3 is 2.41 bits per heavy atom. The van der Waals surface area contributed by atoms with Gasteiger partial charge in [-0.3, -0.25) is 9.59 Å². The van der Waals surface area contributed by atoms with E-state index in [1.807, 2.05) is 0 Å². The standard InChI is InChI=1S/C28H31Cl2F3N4O4/c1-41-27(40)36-8-9-37(26(39)12-18-3-4-20(13-24(18)34)28(31,32)33)21(16-36)15-35-7-6-19(14-35)25(38)11-17-2-5-22(29)23(30)10-17/h2-5,10,13,19,21H,6-9,11-12,14-16,34H2,1H3. The molecular weight excluding hydrogens is 584 g/mol.